The summed E-state index contributed by atoms with van der Waals surface area (Å²) >= 11 is 1.08. The van der Waals surface area contributed by atoms with Crippen molar-refractivity contribution in [2.45, 2.75) is 31.3 Å². The normalized spacial score (nSPS) is 18.5. The smallest absolute Gasteiger partial charge is 0.492 e. The van der Waals surface area contributed by atoms with Gasteiger partial charge in [0.15, 0.2) is 5.12 Å². The van der Waals surface area contributed by atoms with Gasteiger partial charge in [0.25, 0.3) is 0 Å². The van der Waals surface area contributed by atoms with E-state index in [4.69, 9.17) is 4.74 Å². The zero-order chi connectivity index (χ0) is 23.3. The molecular weight excluding hydrogens is 449 g/mol. The second kappa shape index (κ2) is 10.2. The van der Waals surface area contributed by atoms with Gasteiger partial charge in [-0.1, -0.05) is 29.1 Å². The number of piperidine rings is 1. The minimum Gasteiger partial charge on any atom is -0.497 e. The molecule has 0 saturated carbocycles. The third-order valence-electron chi connectivity index (χ3n) is 4.56. The molecule has 172 valence electrons. The van der Waals surface area contributed by atoms with Crippen molar-refractivity contribution < 1.29 is 32.3 Å². The molecule has 1 aromatic carbocycles. The molecule has 1 saturated heterocycles. The van der Waals surface area contributed by atoms with Crippen LogP contribution in [0.1, 0.15) is 24.6 Å². The second-order valence-electron chi connectivity index (χ2n) is 7.04. The first-order valence-electron chi connectivity index (χ1n) is 9.59. The van der Waals surface area contributed by atoms with Crippen LogP contribution in [0.2, 0.25) is 0 Å². The quantitative estimate of drug-likeness (QED) is 0.637. The Kier molecular flexibility index (Phi) is 7.56. The lowest BCUT2D eigenvalue weighted by Crippen LogP contribution is -2.41. The van der Waals surface area contributed by atoms with Gasteiger partial charge in [-0.25, -0.2) is 9.48 Å². The van der Waals surface area contributed by atoms with Crippen LogP contribution in [0.5, 0.6) is 5.75 Å². The summed E-state index contributed by atoms with van der Waals surface area (Å²) in [6.07, 6.45) is -1.40. The Morgan fingerprint density at radius 3 is 2.62 bits per heavy atom. The third kappa shape index (κ3) is 6.57. The van der Waals surface area contributed by atoms with E-state index in [2.05, 4.69) is 15.1 Å². The van der Waals surface area contributed by atoms with E-state index in [1.54, 1.807) is 24.1 Å². The van der Waals surface area contributed by atoms with E-state index in [0.717, 1.165) is 28.1 Å². The van der Waals surface area contributed by atoms with Crippen molar-refractivity contribution in [2.24, 2.45) is 0 Å². The number of alkyl halides is 3. The molecule has 1 unspecified atom stereocenters. The van der Waals surface area contributed by atoms with E-state index in [0.29, 0.717) is 24.2 Å². The van der Waals surface area contributed by atoms with Crippen LogP contribution in [0.15, 0.2) is 36.0 Å². The standard InChI is InChI=1S/C20H21F3N4O4S/c1-13(28)32-18-7-8-27(31-19(29)20(21,22)23)11-15(18)9-16-12-26(25-24-16)10-14-3-5-17(30-2)6-4-14/h3-6,9,12,18H,7-8,10-11H2,1-2H3/b15-9-. The Labute approximate surface area is 186 Å². The lowest BCUT2D eigenvalue weighted by molar-refractivity contribution is -0.238. The number of hydrogen-bond donors (Lipinski definition) is 0. The fourth-order valence-corrected chi connectivity index (χ4v) is 4.03. The molecule has 2 heterocycles. The van der Waals surface area contributed by atoms with E-state index < -0.39 is 12.1 Å². The first kappa shape index (κ1) is 23.8. The van der Waals surface area contributed by atoms with Crippen LogP contribution >= 0.6 is 11.8 Å². The average Bonchev–Trinajstić information content (AvgIpc) is 3.16. The second-order valence-corrected chi connectivity index (χ2v) is 8.41. The van der Waals surface area contributed by atoms with Crippen molar-refractivity contribution >= 4 is 28.9 Å². The van der Waals surface area contributed by atoms with Gasteiger partial charge in [0.05, 0.1) is 26.4 Å². The number of rotatable bonds is 6. The number of hydroxylamine groups is 2. The largest absolute Gasteiger partial charge is 0.497 e. The van der Waals surface area contributed by atoms with Crippen molar-refractivity contribution in [1.29, 1.82) is 0 Å². The van der Waals surface area contributed by atoms with Gasteiger partial charge in [0.1, 0.15) is 11.4 Å². The number of hydrogen-bond acceptors (Lipinski definition) is 8. The maximum absolute atomic E-state index is 12.5. The number of halogens is 3. The minimum absolute atomic E-state index is 0.0713. The Morgan fingerprint density at radius 2 is 2.00 bits per heavy atom. The molecule has 8 nitrogen and oxygen atoms in total. The minimum atomic E-state index is -5.08. The van der Waals surface area contributed by atoms with Gasteiger partial charge < -0.3 is 9.57 Å². The highest BCUT2D eigenvalue weighted by atomic mass is 32.2. The molecule has 1 aliphatic rings. The first-order valence-corrected chi connectivity index (χ1v) is 10.5. The summed E-state index contributed by atoms with van der Waals surface area (Å²) in [5, 5.41) is 8.73. The molecule has 0 N–H and O–H groups in total. The van der Waals surface area contributed by atoms with Crippen LogP contribution < -0.4 is 4.74 Å². The fraction of sp³-hybridized carbons (Fsp3) is 0.400. The molecule has 0 amide bonds. The monoisotopic (exact) mass is 470 g/mol. The highest BCUT2D eigenvalue weighted by Crippen LogP contribution is 2.30. The number of methoxy groups -OCH3 is 1. The molecule has 0 radical (unpaired) electrons. The summed E-state index contributed by atoms with van der Waals surface area (Å²) < 4.78 is 44.3. The molecule has 1 aromatic heterocycles. The SMILES string of the molecule is COc1ccc(Cn2cc(/C=C3/CN(OC(=O)C(F)(F)F)CCC3SC(C)=O)nn2)cc1. The zero-order valence-corrected chi connectivity index (χ0v) is 18.2. The van der Waals surface area contributed by atoms with Crippen molar-refractivity contribution in [3.63, 3.8) is 0 Å². The Morgan fingerprint density at radius 1 is 1.28 bits per heavy atom. The molecule has 0 spiro atoms. The highest BCUT2D eigenvalue weighted by Gasteiger charge is 2.43. The first-order chi connectivity index (χ1) is 15.1. The summed E-state index contributed by atoms with van der Waals surface area (Å²) in [6, 6.07) is 7.45. The Hall–Kier alpha value is -2.86. The number of thioether (sulfide) groups is 1. The number of aromatic nitrogens is 3. The Bertz CT molecular complexity index is 991. The van der Waals surface area contributed by atoms with Gasteiger partial charge in [-0.3, -0.25) is 4.79 Å². The van der Waals surface area contributed by atoms with Gasteiger partial charge in [-0.15, -0.1) is 10.2 Å². The summed E-state index contributed by atoms with van der Waals surface area (Å²) in [5.74, 6) is -1.54. The molecule has 1 atom stereocenters. The molecule has 12 heteroatoms. The zero-order valence-electron chi connectivity index (χ0n) is 17.3. The van der Waals surface area contributed by atoms with E-state index in [-0.39, 0.29) is 23.5 Å². The van der Waals surface area contributed by atoms with Gasteiger partial charge in [0, 0.05) is 18.7 Å². The van der Waals surface area contributed by atoms with Gasteiger partial charge in [-0.2, -0.15) is 13.2 Å². The molecule has 32 heavy (non-hydrogen) atoms. The lowest BCUT2D eigenvalue weighted by Gasteiger charge is -2.32. The summed E-state index contributed by atoms with van der Waals surface area (Å²) in [4.78, 5) is 27.2. The number of benzene rings is 1. The van der Waals surface area contributed by atoms with Gasteiger partial charge in [-0.05, 0) is 35.8 Å². The van der Waals surface area contributed by atoms with Gasteiger partial charge >= 0.3 is 12.1 Å². The van der Waals surface area contributed by atoms with Crippen molar-refractivity contribution in [3.05, 3.63) is 47.3 Å². The van der Waals surface area contributed by atoms with E-state index in [9.17, 15) is 22.8 Å². The average molecular weight is 470 g/mol. The maximum Gasteiger partial charge on any atom is 0.492 e. The molecule has 1 fully saturated rings. The van der Waals surface area contributed by atoms with Crippen LogP contribution in [0.4, 0.5) is 13.2 Å². The predicted octanol–water partition coefficient (Wildman–Crippen LogP) is 3.09. The van der Waals surface area contributed by atoms with Crippen LogP contribution in [0.25, 0.3) is 6.08 Å². The molecule has 2 aromatic rings. The highest BCUT2D eigenvalue weighted by molar-refractivity contribution is 8.14. The predicted molar refractivity (Wildman–Crippen MR) is 110 cm³/mol. The van der Waals surface area contributed by atoms with Gasteiger partial charge in [0.2, 0.25) is 0 Å². The lowest BCUT2D eigenvalue weighted by atomic mass is 10.0. The van der Waals surface area contributed by atoms with Crippen molar-refractivity contribution in [1.82, 2.24) is 20.1 Å². The molecule has 3 rings (SSSR count). The molecular formula is C20H21F3N4O4S. The molecule has 0 bridgehead atoms. The number of carbonyl (C=O) groups is 2. The molecule has 0 aliphatic carbocycles. The van der Waals surface area contributed by atoms with Crippen molar-refractivity contribution in [2.75, 3.05) is 20.2 Å². The van der Waals surface area contributed by atoms with Crippen LogP contribution in [0.3, 0.4) is 0 Å². The topological polar surface area (TPSA) is 86.5 Å². The third-order valence-corrected chi connectivity index (χ3v) is 5.71. The maximum atomic E-state index is 12.5. The number of nitrogens with zero attached hydrogens (tertiary/aromatic N) is 4. The Balaban J connectivity index is 1.74. The van der Waals surface area contributed by atoms with Crippen LogP contribution in [-0.4, -0.2) is 62.8 Å². The number of carbonyl (C=O) groups excluding carboxylic acids is 2. The number of ether oxygens (including phenoxy) is 1. The van der Waals surface area contributed by atoms with Crippen LogP contribution in [0, 0.1) is 0 Å². The van der Waals surface area contributed by atoms with E-state index >= 15 is 0 Å². The van der Waals surface area contributed by atoms with E-state index in [1.165, 1.54) is 6.92 Å². The molecule has 1 aliphatic heterocycles. The van der Waals surface area contributed by atoms with Crippen molar-refractivity contribution in [3.8, 4) is 5.75 Å². The summed E-state index contributed by atoms with van der Waals surface area (Å²) in [7, 11) is 1.58. The summed E-state index contributed by atoms with van der Waals surface area (Å²) in [6.45, 7) is 1.89. The summed E-state index contributed by atoms with van der Waals surface area (Å²) in [5.41, 5.74) is 2.07. The fourth-order valence-electron chi connectivity index (χ4n) is 3.12. The van der Waals surface area contributed by atoms with E-state index in [1.807, 2.05) is 24.3 Å². The van der Waals surface area contributed by atoms with Crippen LogP contribution in [-0.2, 0) is 21.0 Å².